The van der Waals surface area contributed by atoms with E-state index >= 15 is 0 Å². The predicted molar refractivity (Wildman–Crippen MR) is 77.7 cm³/mol. The van der Waals surface area contributed by atoms with Gasteiger partial charge in [0.25, 0.3) is 0 Å². The van der Waals surface area contributed by atoms with Gasteiger partial charge in [-0.2, -0.15) is 12.6 Å². The number of carbonyl (C=O) groups excluding carboxylic acids is 1. The maximum atomic E-state index is 12.2. The molecule has 18 heavy (non-hydrogen) atoms. The fraction of sp³-hybridized carbons (Fsp3) is 0.571. The lowest BCUT2D eigenvalue weighted by Gasteiger charge is -2.25. The molecule has 0 saturated carbocycles. The summed E-state index contributed by atoms with van der Waals surface area (Å²) in [6, 6.07) is 5.87. The van der Waals surface area contributed by atoms with Gasteiger partial charge in [-0.1, -0.05) is 19.9 Å². The minimum absolute atomic E-state index is 0.0825. The third kappa shape index (κ3) is 4.02. The first kappa shape index (κ1) is 15.0. The van der Waals surface area contributed by atoms with E-state index in [0.29, 0.717) is 13.1 Å². The Morgan fingerprint density at radius 3 is 2.61 bits per heavy atom. The Morgan fingerprint density at radius 1 is 1.44 bits per heavy atom. The van der Waals surface area contributed by atoms with Crippen LogP contribution in [-0.2, 0) is 11.3 Å². The number of amides is 1. The Hall–Kier alpha value is -1.03. The lowest BCUT2D eigenvalue weighted by molar-refractivity contribution is -0.131. The molecule has 0 aliphatic heterocycles. The zero-order chi connectivity index (χ0) is 13.7. The van der Waals surface area contributed by atoms with E-state index in [9.17, 15) is 4.79 Å². The van der Waals surface area contributed by atoms with Crippen LogP contribution in [0, 0.1) is 12.8 Å². The Labute approximate surface area is 115 Å². The molecule has 0 aliphatic carbocycles. The summed E-state index contributed by atoms with van der Waals surface area (Å²) >= 11 is 4.39. The van der Waals surface area contributed by atoms with Crippen molar-refractivity contribution in [3.8, 4) is 0 Å². The van der Waals surface area contributed by atoms with Crippen LogP contribution < -0.4 is 0 Å². The van der Waals surface area contributed by atoms with E-state index < -0.39 is 0 Å². The van der Waals surface area contributed by atoms with Gasteiger partial charge in [-0.3, -0.25) is 9.78 Å². The second-order valence-corrected chi connectivity index (χ2v) is 5.37. The highest BCUT2D eigenvalue weighted by molar-refractivity contribution is 7.81. The van der Waals surface area contributed by atoms with Crippen LogP contribution in [-0.4, -0.2) is 27.6 Å². The molecule has 1 atom stereocenters. The van der Waals surface area contributed by atoms with E-state index in [-0.39, 0.29) is 17.1 Å². The van der Waals surface area contributed by atoms with Gasteiger partial charge in [0.05, 0.1) is 17.5 Å². The van der Waals surface area contributed by atoms with Crippen LogP contribution in [0.3, 0.4) is 0 Å². The van der Waals surface area contributed by atoms with E-state index in [4.69, 9.17) is 0 Å². The number of aromatic nitrogens is 1. The third-order valence-electron chi connectivity index (χ3n) is 2.88. The molecule has 0 aromatic carbocycles. The van der Waals surface area contributed by atoms with E-state index in [0.717, 1.165) is 11.4 Å². The minimum Gasteiger partial charge on any atom is -0.336 e. The lowest BCUT2D eigenvalue weighted by Crippen LogP contribution is -2.38. The number of hydrogen-bond acceptors (Lipinski definition) is 3. The molecule has 0 saturated heterocycles. The van der Waals surface area contributed by atoms with Gasteiger partial charge in [0, 0.05) is 12.2 Å². The van der Waals surface area contributed by atoms with Crippen molar-refractivity contribution in [2.45, 2.75) is 39.5 Å². The Balaban J connectivity index is 2.76. The molecule has 3 nitrogen and oxygen atoms in total. The molecule has 1 aromatic heterocycles. The van der Waals surface area contributed by atoms with E-state index in [1.807, 2.05) is 45.9 Å². The van der Waals surface area contributed by atoms with Gasteiger partial charge in [-0.15, -0.1) is 0 Å². The Kier molecular flexibility index (Phi) is 5.66. The first-order chi connectivity index (χ1) is 8.45. The lowest BCUT2D eigenvalue weighted by atomic mass is 10.1. The second kappa shape index (κ2) is 6.78. The summed E-state index contributed by atoms with van der Waals surface area (Å²) in [5.74, 6) is 0.319. The number of thiol groups is 1. The molecule has 0 spiro atoms. The summed E-state index contributed by atoms with van der Waals surface area (Å²) in [5, 5.41) is -0.241. The van der Waals surface area contributed by atoms with Crippen LogP contribution in [0.5, 0.6) is 0 Å². The number of nitrogens with zero attached hydrogens (tertiary/aromatic N) is 2. The molecule has 100 valence electrons. The van der Waals surface area contributed by atoms with Crippen molar-refractivity contribution in [1.82, 2.24) is 9.88 Å². The van der Waals surface area contributed by atoms with E-state index in [2.05, 4.69) is 17.6 Å². The maximum absolute atomic E-state index is 12.2. The molecular weight excluding hydrogens is 244 g/mol. The first-order valence-corrected chi connectivity index (χ1v) is 6.86. The Morgan fingerprint density at radius 2 is 2.11 bits per heavy atom. The minimum atomic E-state index is -0.241. The molecule has 1 aromatic rings. The van der Waals surface area contributed by atoms with Gasteiger partial charge in [-0.05, 0) is 31.9 Å². The molecule has 0 fully saturated rings. The van der Waals surface area contributed by atoms with E-state index in [1.54, 1.807) is 4.90 Å². The van der Waals surface area contributed by atoms with Crippen molar-refractivity contribution in [3.63, 3.8) is 0 Å². The average Bonchev–Trinajstić information content (AvgIpc) is 2.34. The molecule has 0 N–H and O–H groups in total. The van der Waals surface area contributed by atoms with Gasteiger partial charge in [0.15, 0.2) is 0 Å². The molecule has 1 unspecified atom stereocenters. The van der Waals surface area contributed by atoms with Crippen molar-refractivity contribution in [2.24, 2.45) is 5.92 Å². The highest BCUT2D eigenvalue weighted by atomic mass is 32.1. The smallest absolute Gasteiger partial charge is 0.236 e. The SMILES string of the molecule is CCN(Cc1cccc(C)n1)C(=O)C(S)C(C)C. The van der Waals surface area contributed by atoms with Crippen LogP contribution >= 0.6 is 12.6 Å². The van der Waals surface area contributed by atoms with Crippen molar-refractivity contribution in [1.29, 1.82) is 0 Å². The fourth-order valence-electron chi connectivity index (χ4n) is 1.70. The zero-order valence-electron chi connectivity index (χ0n) is 11.6. The molecule has 0 bridgehead atoms. The van der Waals surface area contributed by atoms with Crippen LogP contribution in [0.1, 0.15) is 32.2 Å². The summed E-state index contributed by atoms with van der Waals surface area (Å²) in [6.45, 7) is 9.19. The molecule has 1 amide bonds. The van der Waals surface area contributed by atoms with Gasteiger partial charge in [0.2, 0.25) is 5.91 Å². The number of rotatable bonds is 5. The largest absolute Gasteiger partial charge is 0.336 e. The summed E-state index contributed by atoms with van der Waals surface area (Å²) in [4.78, 5) is 18.5. The van der Waals surface area contributed by atoms with Gasteiger partial charge in [0.1, 0.15) is 0 Å². The van der Waals surface area contributed by atoms with Crippen molar-refractivity contribution in [3.05, 3.63) is 29.6 Å². The maximum Gasteiger partial charge on any atom is 0.236 e. The van der Waals surface area contributed by atoms with Crippen molar-refractivity contribution in [2.75, 3.05) is 6.54 Å². The quantitative estimate of drug-likeness (QED) is 0.831. The summed E-state index contributed by atoms with van der Waals surface area (Å²) in [7, 11) is 0. The van der Waals surface area contributed by atoms with Crippen molar-refractivity contribution >= 4 is 18.5 Å². The molecular formula is C14H22N2OS. The van der Waals surface area contributed by atoms with Crippen LogP contribution in [0.25, 0.3) is 0 Å². The number of pyridine rings is 1. The van der Waals surface area contributed by atoms with Gasteiger partial charge in [-0.25, -0.2) is 0 Å². The normalized spacial score (nSPS) is 12.6. The standard InChI is InChI=1S/C14H22N2OS/c1-5-16(14(17)13(18)10(2)3)9-12-8-6-7-11(4)15-12/h6-8,10,13,18H,5,9H2,1-4H3. The number of carbonyl (C=O) groups is 1. The van der Waals surface area contributed by atoms with E-state index in [1.165, 1.54) is 0 Å². The first-order valence-electron chi connectivity index (χ1n) is 6.35. The zero-order valence-corrected chi connectivity index (χ0v) is 12.4. The number of aryl methyl sites for hydroxylation is 1. The summed E-state index contributed by atoms with van der Waals surface area (Å²) in [5.41, 5.74) is 1.90. The third-order valence-corrected chi connectivity index (χ3v) is 3.69. The van der Waals surface area contributed by atoms with Crippen LogP contribution in [0.4, 0.5) is 0 Å². The molecule has 0 radical (unpaired) electrons. The Bertz CT molecular complexity index is 407. The average molecular weight is 266 g/mol. The predicted octanol–water partition coefficient (Wildman–Crippen LogP) is 2.69. The monoisotopic (exact) mass is 266 g/mol. The second-order valence-electron chi connectivity index (χ2n) is 4.81. The highest BCUT2D eigenvalue weighted by Crippen LogP contribution is 2.14. The fourth-order valence-corrected chi connectivity index (χ4v) is 1.86. The molecule has 1 rings (SSSR count). The topological polar surface area (TPSA) is 33.2 Å². The highest BCUT2D eigenvalue weighted by Gasteiger charge is 2.23. The summed E-state index contributed by atoms with van der Waals surface area (Å²) < 4.78 is 0. The molecule has 1 heterocycles. The summed E-state index contributed by atoms with van der Waals surface area (Å²) in [6.07, 6.45) is 0. The van der Waals surface area contributed by atoms with Gasteiger partial charge < -0.3 is 4.90 Å². The molecule has 4 heteroatoms. The van der Waals surface area contributed by atoms with Crippen LogP contribution in [0.15, 0.2) is 18.2 Å². The molecule has 0 aliphatic rings. The van der Waals surface area contributed by atoms with Crippen molar-refractivity contribution < 1.29 is 4.79 Å². The van der Waals surface area contributed by atoms with Gasteiger partial charge >= 0.3 is 0 Å². The number of hydrogen-bond donors (Lipinski definition) is 1. The van der Waals surface area contributed by atoms with Crippen LogP contribution in [0.2, 0.25) is 0 Å².